The molecule has 0 aliphatic heterocycles. The molecule has 0 saturated carbocycles. The average Bonchev–Trinajstić information content (AvgIpc) is 2.75. The lowest BCUT2D eigenvalue weighted by Gasteiger charge is -2.01. The van der Waals surface area contributed by atoms with E-state index in [4.69, 9.17) is 4.55 Å². The number of pyridine rings is 1. The van der Waals surface area contributed by atoms with Crippen molar-refractivity contribution in [3.63, 3.8) is 0 Å². The molecule has 0 bridgehead atoms. The van der Waals surface area contributed by atoms with Crippen LogP contribution in [0.1, 0.15) is 0 Å². The van der Waals surface area contributed by atoms with Crippen molar-refractivity contribution in [3.8, 4) is 11.3 Å². The fourth-order valence-corrected chi connectivity index (χ4v) is 1.97. The van der Waals surface area contributed by atoms with E-state index >= 15 is 0 Å². The minimum atomic E-state index is -4.37. The largest absolute Gasteiger partial charge is 0.397 e. The first-order valence-corrected chi connectivity index (χ1v) is 6.91. The molecule has 0 aliphatic carbocycles. The van der Waals surface area contributed by atoms with Crippen LogP contribution in [0.4, 0.5) is 0 Å². The smallest absolute Gasteiger partial charge is 0.268 e. The Morgan fingerprint density at radius 2 is 2.05 bits per heavy atom. The van der Waals surface area contributed by atoms with Crippen molar-refractivity contribution in [1.82, 2.24) is 9.78 Å². The first-order chi connectivity index (χ1) is 8.96. The molecule has 0 aliphatic rings. The predicted octanol–water partition coefficient (Wildman–Crippen LogP) is 0.194. The van der Waals surface area contributed by atoms with Crippen LogP contribution in [-0.2, 0) is 28.2 Å². The van der Waals surface area contributed by atoms with Crippen LogP contribution in [0.15, 0.2) is 36.8 Å². The molecular weight excluding hydrogens is 270 g/mol. The summed E-state index contributed by atoms with van der Waals surface area (Å²) in [6, 6.07) is 5.69. The van der Waals surface area contributed by atoms with Gasteiger partial charge in [0, 0.05) is 30.9 Å². The van der Waals surface area contributed by atoms with E-state index < -0.39 is 10.4 Å². The Bertz CT molecular complexity index is 649. The van der Waals surface area contributed by atoms with Gasteiger partial charge in [0.2, 0.25) is 0 Å². The maximum absolute atomic E-state index is 10.4. The van der Waals surface area contributed by atoms with Crippen LogP contribution in [0.2, 0.25) is 0 Å². The standard InChI is InChI=1S/C11H13N3O4S/c1-13-11(2-5-12-13)10-3-6-14(7-4-10)8-9-18-19(15,16)17/h2-7H,8-9H2,1H3/p+1. The van der Waals surface area contributed by atoms with Crippen LogP contribution in [0.3, 0.4) is 0 Å². The second kappa shape index (κ2) is 5.47. The van der Waals surface area contributed by atoms with Gasteiger partial charge in [-0.05, 0) is 6.07 Å². The van der Waals surface area contributed by atoms with Gasteiger partial charge in [-0.3, -0.25) is 9.23 Å². The summed E-state index contributed by atoms with van der Waals surface area (Å²) in [6.45, 7) is 0.208. The van der Waals surface area contributed by atoms with Crippen molar-refractivity contribution in [2.24, 2.45) is 7.05 Å². The predicted molar refractivity (Wildman–Crippen MR) is 66.3 cm³/mol. The quantitative estimate of drug-likeness (QED) is 0.626. The third-order valence-electron chi connectivity index (χ3n) is 2.59. The summed E-state index contributed by atoms with van der Waals surface area (Å²) >= 11 is 0. The summed E-state index contributed by atoms with van der Waals surface area (Å²) in [4.78, 5) is 0. The Morgan fingerprint density at radius 1 is 1.37 bits per heavy atom. The Kier molecular flexibility index (Phi) is 3.93. The molecule has 0 fully saturated rings. The molecule has 0 atom stereocenters. The van der Waals surface area contributed by atoms with Gasteiger partial charge in [-0.2, -0.15) is 13.5 Å². The molecule has 0 unspecified atom stereocenters. The molecule has 7 nitrogen and oxygen atoms in total. The molecule has 0 spiro atoms. The SMILES string of the molecule is Cn1nccc1-c1cc[n+](CCOS(=O)(=O)O)cc1. The third kappa shape index (κ3) is 3.85. The van der Waals surface area contributed by atoms with Gasteiger partial charge < -0.3 is 0 Å². The lowest BCUT2D eigenvalue weighted by atomic mass is 10.2. The van der Waals surface area contributed by atoms with Crippen LogP contribution >= 0.6 is 0 Å². The third-order valence-corrected chi connectivity index (χ3v) is 3.05. The summed E-state index contributed by atoms with van der Waals surface area (Å²) in [5.74, 6) is 0. The molecule has 0 radical (unpaired) electrons. The van der Waals surface area contributed by atoms with Gasteiger partial charge in [0.05, 0.1) is 5.69 Å². The second-order valence-electron chi connectivity index (χ2n) is 3.91. The summed E-state index contributed by atoms with van der Waals surface area (Å²) < 4.78 is 37.0. The van der Waals surface area contributed by atoms with E-state index in [2.05, 4.69) is 9.28 Å². The van der Waals surface area contributed by atoms with Crippen LogP contribution in [-0.4, -0.2) is 29.4 Å². The Labute approximate surface area is 111 Å². The van der Waals surface area contributed by atoms with E-state index in [0.29, 0.717) is 6.54 Å². The number of aromatic nitrogens is 3. The molecule has 0 saturated heterocycles. The highest BCUT2D eigenvalue weighted by Gasteiger charge is 2.08. The van der Waals surface area contributed by atoms with Crippen molar-refractivity contribution in [3.05, 3.63) is 36.8 Å². The topological polar surface area (TPSA) is 85.3 Å². The molecule has 2 heterocycles. The first-order valence-electron chi connectivity index (χ1n) is 5.55. The van der Waals surface area contributed by atoms with Crippen molar-refractivity contribution in [1.29, 1.82) is 0 Å². The minimum absolute atomic E-state index is 0.117. The highest BCUT2D eigenvalue weighted by atomic mass is 32.3. The zero-order valence-electron chi connectivity index (χ0n) is 10.3. The van der Waals surface area contributed by atoms with E-state index in [9.17, 15) is 8.42 Å². The van der Waals surface area contributed by atoms with Crippen LogP contribution in [0.5, 0.6) is 0 Å². The van der Waals surface area contributed by atoms with Crippen LogP contribution in [0, 0.1) is 0 Å². The first kappa shape index (κ1) is 13.7. The molecule has 2 aromatic rings. The van der Waals surface area contributed by atoms with Crippen molar-refractivity contribution in [2.45, 2.75) is 6.54 Å². The molecule has 19 heavy (non-hydrogen) atoms. The number of hydrogen-bond acceptors (Lipinski definition) is 4. The molecular formula is C11H14N3O4S+. The van der Waals surface area contributed by atoms with Gasteiger partial charge in [0.25, 0.3) is 0 Å². The number of aryl methyl sites for hydroxylation is 1. The van der Waals surface area contributed by atoms with E-state index in [1.54, 1.807) is 27.8 Å². The van der Waals surface area contributed by atoms with Crippen LogP contribution < -0.4 is 4.57 Å². The average molecular weight is 284 g/mol. The highest BCUT2D eigenvalue weighted by Crippen LogP contribution is 2.15. The molecule has 1 N–H and O–H groups in total. The van der Waals surface area contributed by atoms with Crippen LogP contribution in [0.25, 0.3) is 11.3 Å². The van der Waals surface area contributed by atoms with E-state index in [1.165, 1.54) is 0 Å². The van der Waals surface area contributed by atoms with Gasteiger partial charge in [0.1, 0.15) is 6.61 Å². The Hall–Kier alpha value is -1.77. The Balaban J connectivity index is 2.01. The summed E-state index contributed by atoms with van der Waals surface area (Å²) in [7, 11) is -2.51. The summed E-state index contributed by atoms with van der Waals surface area (Å²) in [6.07, 6.45) is 5.32. The fourth-order valence-electron chi connectivity index (χ4n) is 1.68. The zero-order chi connectivity index (χ0) is 13.9. The Morgan fingerprint density at radius 3 is 2.58 bits per heavy atom. The van der Waals surface area contributed by atoms with Gasteiger partial charge in [0.15, 0.2) is 18.9 Å². The molecule has 0 aromatic carbocycles. The maximum Gasteiger partial charge on any atom is 0.397 e. The monoisotopic (exact) mass is 284 g/mol. The number of hydrogen-bond donors (Lipinski definition) is 1. The second-order valence-corrected chi connectivity index (χ2v) is 5.01. The molecule has 2 aromatic heterocycles. The zero-order valence-corrected chi connectivity index (χ0v) is 11.1. The van der Waals surface area contributed by atoms with Gasteiger partial charge in [-0.15, -0.1) is 0 Å². The molecule has 0 amide bonds. The number of nitrogens with zero attached hydrogens (tertiary/aromatic N) is 3. The van der Waals surface area contributed by atoms with E-state index in [0.717, 1.165) is 11.3 Å². The minimum Gasteiger partial charge on any atom is -0.268 e. The van der Waals surface area contributed by atoms with Gasteiger partial charge >= 0.3 is 10.4 Å². The molecule has 102 valence electrons. The fraction of sp³-hybridized carbons (Fsp3) is 0.273. The molecule has 8 heteroatoms. The van der Waals surface area contributed by atoms with Crippen molar-refractivity contribution < 1.29 is 21.7 Å². The lowest BCUT2D eigenvalue weighted by molar-refractivity contribution is -0.697. The van der Waals surface area contributed by atoms with E-state index in [1.807, 2.05) is 25.2 Å². The van der Waals surface area contributed by atoms with Crippen molar-refractivity contribution in [2.75, 3.05) is 6.61 Å². The molecule has 2 rings (SSSR count). The summed E-state index contributed by atoms with van der Waals surface area (Å²) in [5, 5.41) is 4.09. The lowest BCUT2D eigenvalue weighted by Crippen LogP contribution is -2.35. The summed E-state index contributed by atoms with van der Waals surface area (Å²) in [5.41, 5.74) is 1.99. The normalized spacial score (nSPS) is 11.7. The van der Waals surface area contributed by atoms with Crippen molar-refractivity contribution >= 4 is 10.4 Å². The highest BCUT2D eigenvalue weighted by molar-refractivity contribution is 7.80. The van der Waals surface area contributed by atoms with E-state index in [-0.39, 0.29) is 6.61 Å². The maximum atomic E-state index is 10.4. The van der Waals surface area contributed by atoms with Gasteiger partial charge in [-0.25, -0.2) is 8.75 Å². The number of rotatable bonds is 5. The van der Waals surface area contributed by atoms with Gasteiger partial charge in [-0.1, -0.05) is 0 Å².